The first kappa shape index (κ1) is 18.4. The van der Waals surface area contributed by atoms with Gasteiger partial charge in [-0.1, -0.05) is 18.2 Å². The van der Waals surface area contributed by atoms with Crippen LogP contribution in [0.3, 0.4) is 0 Å². The number of urea groups is 1. The largest absolute Gasteiger partial charge is 0.440 e. The molecule has 2 heterocycles. The molecule has 1 saturated heterocycles. The van der Waals surface area contributed by atoms with Crippen LogP contribution in [-0.2, 0) is 11.2 Å². The van der Waals surface area contributed by atoms with Gasteiger partial charge in [0.15, 0.2) is 0 Å². The highest BCUT2D eigenvalue weighted by atomic mass is 19.4. The van der Waals surface area contributed by atoms with E-state index in [0.29, 0.717) is 10.6 Å². The van der Waals surface area contributed by atoms with Gasteiger partial charge >= 0.3 is 12.2 Å². The van der Waals surface area contributed by atoms with E-state index in [1.807, 2.05) is 0 Å². The van der Waals surface area contributed by atoms with Crippen molar-refractivity contribution in [1.82, 2.24) is 25.5 Å². The maximum atomic E-state index is 13.7. The summed E-state index contributed by atoms with van der Waals surface area (Å²) in [5.74, 6) is -2.74. The Kier molecular flexibility index (Phi) is 4.60. The Labute approximate surface area is 150 Å². The van der Waals surface area contributed by atoms with Gasteiger partial charge < -0.3 is 10.3 Å². The van der Waals surface area contributed by atoms with Gasteiger partial charge in [0.2, 0.25) is 0 Å². The van der Waals surface area contributed by atoms with Crippen molar-refractivity contribution in [3.63, 3.8) is 0 Å². The molecule has 27 heavy (non-hydrogen) atoms. The molecule has 1 aliphatic rings. The van der Waals surface area contributed by atoms with Crippen molar-refractivity contribution in [3.8, 4) is 0 Å². The number of imidazole rings is 1. The van der Waals surface area contributed by atoms with Crippen molar-refractivity contribution >= 4 is 17.8 Å². The number of carbonyl (C=O) groups excluding carboxylic acids is 3. The van der Waals surface area contributed by atoms with Crippen molar-refractivity contribution in [3.05, 3.63) is 54.1 Å². The third-order valence-corrected chi connectivity index (χ3v) is 4.03. The first-order chi connectivity index (χ1) is 12.7. The standard InChI is InChI=1S/C16H14F3N5O3/c17-16(18,19)15(22-12(25)10-4-2-1-3-5-10)13(26)24(14(27)23-15)7-6-11-8-20-9-21-11/h1-5,8-9H,6-7H2,(H,20,21)(H,22,25)(H,23,27). The minimum atomic E-state index is -5.24. The van der Waals surface area contributed by atoms with Crippen molar-refractivity contribution in [1.29, 1.82) is 0 Å². The lowest BCUT2D eigenvalue weighted by Crippen LogP contribution is -2.69. The fourth-order valence-electron chi connectivity index (χ4n) is 2.61. The lowest BCUT2D eigenvalue weighted by Gasteiger charge is -2.29. The number of nitrogens with one attached hydrogen (secondary N) is 3. The molecule has 3 N–H and O–H groups in total. The second-order valence-corrected chi connectivity index (χ2v) is 5.78. The van der Waals surface area contributed by atoms with Crippen LogP contribution in [0.25, 0.3) is 0 Å². The molecule has 1 aromatic heterocycles. The molecule has 8 nitrogen and oxygen atoms in total. The topological polar surface area (TPSA) is 107 Å². The highest BCUT2D eigenvalue weighted by Gasteiger charge is 2.68. The number of aromatic nitrogens is 2. The number of imide groups is 1. The van der Waals surface area contributed by atoms with Gasteiger partial charge in [0.05, 0.1) is 6.33 Å². The van der Waals surface area contributed by atoms with Gasteiger partial charge in [0, 0.05) is 30.4 Å². The van der Waals surface area contributed by atoms with E-state index in [0.717, 1.165) is 0 Å². The molecular weight excluding hydrogens is 367 g/mol. The molecule has 0 saturated carbocycles. The molecule has 0 aliphatic carbocycles. The van der Waals surface area contributed by atoms with Crippen LogP contribution in [0.5, 0.6) is 0 Å². The van der Waals surface area contributed by atoms with Crippen LogP contribution in [0, 0.1) is 0 Å². The number of benzene rings is 1. The zero-order valence-corrected chi connectivity index (χ0v) is 13.7. The smallest absolute Gasteiger partial charge is 0.348 e. The monoisotopic (exact) mass is 381 g/mol. The van der Waals surface area contributed by atoms with E-state index in [9.17, 15) is 27.6 Å². The Morgan fingerprint density at radius 1 is 1.22 bits per heavy atom. The highest BCUT2D eigenvalue weighted by Crippen LogP contribution is 2.34. The number of nitrogens with zero attached hydrogens (tertiary/aromatic N) is 2. The van der Waals surface area contributed by atoms with E-state index in [-0.39, 0.29) is 18.5 Å². The lowest BCUT2D eigenvalue weighted by atomic mass is 10.1. The molecule has 1 aliphatic heterocycles. The van der Waals surface area contributed by atoms with Gasteiger partial charge in [-0.05, 0) is 12.1 Å². The van der Waals surface area contributed by atoms with Gasteiger partial charge in [-0.3, -0.25) is 19.8 Å². The van der Waals surface area contributed by atoms with Crippen LogP contribution in [0.2, 0.25) is 0 Å². The van der Waals surface area contributed by atoms with Crippen molar-refractivity contribution in [2.24, 2.45) is 0 Å². The first-order valence-electron chi connectivity index (χ1n) is 7.80. The van der Waals surface area contributed by atoms with E-state index >= 15 is 0 Å². The molecule has 4 amide bonds. The average molecular weight is 381 g/mol. The van der Waals surface area contributed by atoms with E-state index < -0.39 is 29.7 Å². The number of H-pyrrole nitrogens is 1. The summed E-state index contributed by atoms with van der Waals surface area (Å²) in [4.78, 5) is 43.6. The zero-order chi connectivity index (χ0) is 19.7. The van der Waals surface area contributed by atoms with Crippen LogP contribution in [0.4, 0.5) is 18.0 Å². The van der Waals surface area contributed by atoms with Gasteiger partial charge in [0.25, 0.3) is 17.5 Å². The van der Waals surface area contributed by atoms with Crippen LogP contribution < -0.4 is 10.6 Å². The second kappa shape index (κ2) is 6.74. The number of hydrogen-bond donors (Lipinski definition) is 3. The number of aromatic amines is 1. The Hall–Kier alpha value is -3.37. The van der Waals surface area contributed by atoms with Gasteiger partial charge in [-0.2, -0.15) is 13.2 Å². The number of alkyl halides is 3. The lowest BCUT2D eigenvalue weighted by molar-refractivity contribution is -0.200. The quantitative estimate of drug-likeness (QED) is 0.677. The number of halogens is 3. The second-order valence-electron chi connectivity index (χ2n) is 5.78. The maximum absolute atomic E-state index is 13.7. The predicted octanol–water partition coefficient (Wildman–Crippen LogP) is 1.19. The number of rotatable bonds is 5. The fourth-order valence-corrected chi connectivity index (χ4v) is 2.61. The zero-order valence-electron chi connectivity index (χ0n) is 13.7. The summed E-state index contributed by atoms with van der Waals surface area (Å²) in [5.41, 5.74) is -3.07. The molecule has 1 atom stereocenters. The maximum Gasteiger partial charge on any atom is 0.440 e. The van der Waals surface area contributed by atoms with Gasteiger partial charge in [-0.15, -0.1) is 0 Å². The fraction of sp³-hybridized carbons (Fsp3) is 0.250. The van der Waals surface area contributed by atoms with Crippen molar-refractivity contribution in [2.45, 2.75) is 18.3 Å². The van der Waals surface area contributed by atoms with Crippen LogP contribution in [0.15, 0.2) is 42.9 Å². The average Bonchev–Trinajstić information content (AvgIpc) is 3.21. The minimum Gasteiger partial charge on any atom is -0.348 e. The molecular formula is C16H14F3N5O3. The summed E-state index contributed by atoms with van der Waals surface area (Å²) in [6, 6.07) is 5.83. The molecule has 0 radical (unpaired) electrons. The molecule has 1 unspecified atom stereocenters. The molecule has 2 aromatic rings. The number of carbonyl (C=O) groups is 3. The summed E-state index contributed by atoms with van der Waals surface area (Å²) >= 11 is 0. The van der Waals surface area contributed by atoms with Gasteiger partial charge in [0.1, 0.15) is 0 Å². The molecule has 11 heteroatoms. The summed E-state index contributed by atoms with van der Waals surface area (Å²) in [6.45, 7) is -0.314. The Morgan fingerprint density at radius 2 is 1.93 bits per heavy atom. The van der Waals surface area contributed by atoms with Crippen LogP contribution in [-0.4, -0.2) is 51.1 Å². The molecule has 0 bridgehead atoms. The molecule has 142 valence electrons. The third-order valence-electron chi connectivity index (χ3n) is 4.03. The van der Waals surface area contributed by atoms with E-state index in [1.165, 1.54) is 36.8 Å². The number of amides is 4. The normalized spacial score (nSPS) is 19.9. The van der Waals surface area contributed by atoms with Crippen molar-refractivity contribution < 1.29 is 27.6 Å². The summed E-state index contributed by atoms with van der Waals surface area (Å²) in [7, 11) is 0. The van der Waals surface area contributed by atoms with Crippen LogP contribution >= 0.6 is 0 Å². The molecule has 3 rings (SSSR count). The molecule has 1 aromatic carbocycles. The first-order valence-corrected chi connectivity index (χ1v) is 7.80. The summed E-state index contributed by atoms with van der Waals surface area (Å²) in [5, 5.41) is 3.24. The third kappa shape index (κ3) is 3.35. The van der Waals surface area contributed by atoms with E-state index in [2.05, 4.69) is 9.97 Å². The van der Waals surface area contributed by atoms with Crippen molar-refractivity contribution in [2.75, 3.05) is 6.54 Å². The minimum absolute atomic E-state index is 0.0831. The SMILES string of the molecule is O=C(NC1(C(F)(F)F)NC(=O)N(CCc2cnc[nH]2)C1=O)c1ccccc1. The van der Waals surface area contributed by atoms with E-state index in [4.69, 9.17) is 0 Å². The predicted molar refractivity (Wildman–Crippen MR) is 85.2 cm³/mol. The Balaban J connectivity index is 1.85. The van der Waals surface area contributed by atoms with E-state index in [1.54, 1.807) is 16.7 Å². The summed E-state index contributed by atoms with van der Waals surface area (Å²) < 4.78 is 41.1. The molecule has 0 spiro atoms. The number of hydrogen-bond acceptors (Lipinski definition) is 4. The van der Waals surface area contributed by atoms with Gasteiger partial charge in [-0.25, -0.2) is 9.78 Å². The molecule has 1 fully saturated rings. The van der Waals surface area contributed by atoms with Crippen LogP contribution in [0.1, 0.15) is 16.1 Å². The highest BCUT2D eigenvalue weighted by molar-refractivity contribution is 6.10. The summed E-state index contributed by atoms with van der Waals surface area (Å²) in [6.07, 6.45) is -2.37. The Morgan fingerprint density at radius 3 is 2.52 bits per heavy atom. The Bertz CT molecular complexity index is 854.